The smallest absolute Gasteiger partial charge is 0.414 e. The number of cyclic esters (lactones) is 1. The van der Waals surface area contributed by atoms with Gasteiger partial charge in [-0.1, -0.05) is 15.9 Å². The van der Waals surface area contributed by atoms with E-state index in [2.05, 4.69) is 15.9 Å². The van der Waals surface area contributed by atoms with E-state index in [0.717, 1.165) is 5.69 Å². The van der Waals surface area contributed by atoms with Crippen LogP contribution in [0, 0.1) is 0 Å². The van der Waals surface area contributed by atoms with Gasteiger partial charge in [0, 0.05) is 15.9 Å². The van der Waals surface area contributed by atoms with Gasteiger partial charge in [-0.05, 0) is 30.5 Å². The number of rotatable bonds is 3. The number of amides is 1. The van der Waals surface area contributed by atoms with E-state index in [1.807, 2.05) is 30.5 Å². The molecule has 0 aliphatic carbocycles. The van der Waals surface area contributed by atoms with E-state index < -0.39 is 0 Å². The lowest BCUT2D eigenvalue weighted by Gasteiger charge is -2.12. The summed E-state index contributed by atoms with van der Waals surface area (Å²) in [6, 6.07) is 7.91. The molecule has 0 bridgehead atoms. The number of carbonyl (C=O) groups is 1. The molecule has 0 saturated carbocycles. The number of nitrogens with zero attached hydrogens (tertiary/aromatic N) is 1. The Morgan fingerprint density at radius 2 is 2.19 bits per heavy atom. The average molecular weight is 302 g/mol. The monoisotopic (exact) mass is 301 g/mol. The van der Waals surface area contributed by atoms with Gasteiger partial charge in [-0.2, -0.15) is 0 Å². The fourth-order valence-corrected chi connectivity index (χ4v) is 2.32. The summed E-state index contributed by atoms with van der Waals surface area (Å²) in [5, 5.41) is 0.679. The third-order valence-corrected chi connectivity index (χ3v) is 3.90. The summed E-state index contributed by atoms with van der Waals surface area (Å²) in [6.07, 6.45) is 1.72. The first-order valence-electron chi connectivity index (χ1n) is 4.92. The molecule has 1 aromatic carbocycles. The lowest BCUT2D eigenvalue weighted by molar-refractivity contribution is 0.152. The number of hydrogen-bond acceptors (Lipinski definition) is 3. The van der Waals surface area contributed by atoms with Gasteiger partial charge in [0.1, 0.15) is 6.10 Å². The lowest BCUT2D eigenvalue weighted by atomic mass is 10.3. The maximum absolute atomic E-state index is 11.6. The van der Waals surface area contributed by atoms with Crippen LogP contribution < -0.4 is 4.90 Å². The van der Waals surface area contributed by atoms with E-state index in [-0.39, 0.29) is 12.2 Å². The third-order valence-electron chi connectivity index (χ3n) is 2.43. The van der Waals surface area contributed by atoms with Gasteiger partial charge in [0.15, 0.2) is 0 Å². The standard InChI is InChI=1S/C11H12BrNO2S/c1-16-10-4-2-8(3-5-10)13-7-9(6-12)15-11(13)14/h2-5,9H,6-7H2,1H3. The molecular weight excluding hydrogens is 290 g/mol. The van der Waals surface area contributed by atoms with Gasteiger partial charge in [0.05, 0.1) is 6.54 Å². The zero-order valence-electron chi connectivity index (χ0n) is 8.85. The molecule has 1 aliphatic heterocycles. The van der Waals surface area contributed by atoms with Crippen LogP contribution in [0.2, 0.25) is 0 Å². The van der Waals surface area contributed by atoms with Crippen molar-refractivity contribution in [1.29, 1.82) is 0 Å². The highest BCUT2D eigenvalue weighted by atomic mass is 79.9. The summed E-state index contributed by atoms with van der Waals surface area (Å²) >= 11 is 5.00. The molecule has 2 rings (SSSR count). The Kier molecular flexibility index (Phi) is 3.76. The van der Waals surface area contributed by atoms with E-state index in [4.69, 9.17) is 4.74 Å². The molecule has 0 N–H and O–H groups in total. The largest absolute Gasteiger partial charge is 0.443 e. The highest BCUT2D eigenvalue weighted by molar-refractivity contribution is 9.09. The van der Waals surface area contributed by atoms with Crippen molar-refractivity contribution in [2.24, 2.45) is 0 Å². The summed E-state index contributed by atoms with van der Waals surface area (Å²) in [5.74, 6) is 0. The summed E-state index contributed by atoms with van der Waals surface area (Å²) in [4.78, 5) is 14.4. The minimum absolute atomic E-state index is 0.0484. The molecule has 0 radical (unpaired) electrons. The van der Waals surface area contributed by atoms with Crippen molar-refractivity contribution in [2.75, 3.05) is 23.0 Å². The Hall–Kier alpha value is -0.680. The Labute approximate surface area is 107 Å². The van der Waals surface area contributed by atoms with Gasteiger partial charge in [-0.25, -0.2) is 4.79 Å². The van der Waals surface area contributed by atoms with Crippen LogP contribution in [0.25, 0.3) is 0 Å². The van der Waals surface area contributed by atoms with Crippen molar-refractivity contribution in [3.63, 3.8) is 0 Å². The Balaban J connectivity index is 2.15. The molecule has 1 saturated heterocycles. The number of anilines is 1. The number of carbonyl (C=O) groups excluding carboxylic acids is 1. The van der Waals surface area contributed by atoms with Gasteiger partial charge in [-0.3, -0.25) is 4.90 Å². The highest BCUT2D eigenvalue weighted by Crippen LogP contribution is 2.24. The number of alkyl halides is 1. The average Bonchev–Trinajstić information content (AvgIpc) is 2.71. The van der Waals surface area contributed by atoms with E-state index in [1.54, 1.807) is 16.7 Å². The molecule has 5 heteroatoms. The minimum Gasteiger partial charge on any atom is -0.443 e. The number of thioether (sulfide) groups is 1. The van der Waals surface area contributed by atoms with Crippen molar-refractivity contribution in [3.05, 3.63) is 24.3 Å². The predicted octanol–water partition coefficient (Wildman–Crippen LogP) is 3.13. The van der Waals surface area contributed by atoms with Crippen LogP contribution in [0.1, 0.15) is 0 Å². The molecule has 1 unspecified atom stereocenters. The van der Waals surface area contributed by atoms with Crippen molar-refractivity contribution < 1.29 is 9.53 Å². The highest BCUT2D eigenvalue weighted by Gasteiger charge is 2.31. The Bertz CT molecular complexity index is 382. The number of hydrogen-bond donors (Lipinski definition) is 0. The number of halogens is 1. The van der Waals surface area contributed by atoms with Crippen molar-refractivity contribution in [1.82, 2.24) is 0 Å². The molecule has 1 amide bonds. The van der Waals surface area contributed by atoms with Crippen molar-refractivity contribution in [3.8, 4) is 0 Å². The first-order chi connectivity index (χ1) is 7.74. The molecule has 16 heavy (non-hydrogen) atoms. The predicted molar refractivity (Wildman–Crippen MR) is 69.6 cm³/mol. The Morgan fingerprint density at radius 1 is 1.50 bits per heavy atom. The summed E-state index contributed by atoms with van der Waals surface area (Å²) in [5.41, 5.74) is 0.895. The fourth-order valence-electron chi connectivity index (χ4n) is 1.57. The molecule has 0 spiro atoms. The first kappa shape index (κ1) is 11.8. The normalized spacial score (nSPS) is 20.0. The van der Waals surface area contributed by atoms with E-state index in [9.17, 15) is 4.79 Å². The summed E-state index contributed by atoms with van der Waals surface area (Å²) < 4.78 is 5.17. The van der Waals surface area contributed by atoms with Gasteiger partial charge in [0.2, 0.25) is 0 Å². The molecule has 3 nitrogen and oxygen atoms in total. The summed E-state index contributed by atoms with van der Waals surface area (Å²) in [6.45, 7) is 0.614. The molecule has 1 heterocycles. The van der Waals surface area contributed by atoms with E-state index >= 15 is 0 Å². The minimum atomic E-state index is -0.263. The SMILES string of the molecule is CSc1ccc(N2CC(CBr)OC2=O)cc1. The van der Waals surface area contributed by atoms with Crippen LogP contribution in [0.4, 0.5) is 10.5 Å². The maximum atomic E-state index is 11.6. The van der Waals surface area contributed by atoms with E-state index in [1.165, 1.54) is 4.90 Å². The maximum Gasteiger partial charge on any atom is 0.414 e. The summed E-state index contributed by atoms with van der Waals surface area (Å²) in [7, 11) is 0. The van der Waals surface area contributed by atoms with Crippen LogP contribution in [0.15, 0.2) is 29.2 Å². The van der Waals surface area contributed by atoms with Gasteiger partial charge in [-0.15, -0.1) is 11.8 Å². The second kappa shape index (κ2) is 5.10. The van der Waals surface area contributed by atoms with Crippen LogP contribution >= 0.6 is 27.7 Å². The van der Waals surface area contributed by atoms with Crippen LogP contribution in [-0.4, -0.2) is 30.3 Å². The lowest BCUT2D eigenvalue weighted by Crippen LogP contribution is -2.24. The molecule has 0 aromatic heterocycles. The molecule has 1 fully saturated rings. The third kappa shape index (κ3) is 2.35. The van der Waals surface area contributed by atoms with Gasteiger partial charge in [0.25, 0.3) is 0 Å². The molecule has 1 aliphatic rings. The van der Waals surface area contributed by atoms with Crippen LogP contribution in [0.3, 0.4) is 0 Å². The molecular formula is C11H12BrNO2S. The van der Waals surface area contributed by atoms with Crippen molar-refractivity contribution in [2.45, 2.75) is 11.0 Å². The fraction of sp³-hybridized carbons (Fsp3) is 0.364. The molecule has 1 atom stereocenters. The molecule has 1 aromatic rings. The zero-order valence-corrected chi connectivity index (χ0v) is 11.3. The zero-order chi connectivity index (χ0) is 11.5. The topological polar surface area (TPSA) is 29.5 Å². The molecule has 86 valence electrons. The van der Waals surface area contributed by atoms with Crippen LogP contribution in [0.5, 0.6) is 0 Å². The van der Waals surface area contributed by atoms with Crippen molar-refractivity contribution >= 4 is 39.5 Å². The van der Waals surface area contributed by atoms with Gasteiger partial charge >= 0.3 is 6.09 Å². The van der Waals surface area contributed by atoms with E-state index in [0.29, 0.717) is 11.9 Å². The second-order valence-corrected chi connectivity index (χ2v) is 5.00. The number of benzene rings is 1. The van der Waals surface area contributed by atoms with Crippen LogP contribution in [-0.2, 0) is 4.74 Å². The first-order valence-corrected chi connectivity index (χ1v) is 7.27. The second-order valence-electron chi connectivity index (χ2n) is 3.47. The quantitative estimate of drug-likeness (QED) is 0.634. The van der Waals surface area contributed by atoms with Gasteiger partial charge < -0.3 is 4.74 Å². The number of ether oxygens (including phenoxy) is 1. The Morgan fingerprint density at radius 3 is 2.69 bits per heavy atom.